The number of rotatable bonds is 7. The van der Waals surface area contributed by atoms with Gasteiger partial charge in [-0.2, -0.15) is 0 Å². The molecule has 222 valence electrons. The highest BCUT2D eigenvalue weighted by Gasteiger charge is 2.47. The molecule has 0 spiro atoms. The minimum absolute atomic E-state index is 0.00763. The first-order valence-corrected chi connectivity index (χ1v) is 15.0. The third-order valence-corrected chi connectivity index (χ3v) is 9.36. The van der Waals surface area contributed by atoms with Gasteiger partial charge in [-0.05, 0) is 69.9 Å². The van der Waals surface area contributed by atoms with E-state index in [2.05, 4.69) is 5.32 Å². The SMILES string of the molecule is CCNC(=S)N1C[C@@H](C(=O)N2CC[C@H](N(C(=O)C(C)(C)CO)C3CCC(F)(F)CC3)C2)[C@H](c2ccc(Cl)cc2)C1. The third kappa shape index (κ3) is 6.71. The number of halogens is 3. The van der Waals surface area contributed by atoms with Crippen LogP contribution in [0, 0.1) is 11.3 Å². The molecule has 2 N–H and O–H groups in total. The molecular formula is C29H41ClF2N4O3S. The Morgan fingerprint density at radius 2 is 1.75 bits per heavy atom. The molecule has 3 atom stereocenters. The zero-order valence-corrected chi connectivity index (χ0v) is 25.1. The van der Waals surface area contributed by atoms with Gasteiger partial charge >= 0.3 is 0 Å². The second-order valence-corrected chi connectivity index (χ2v) is 12.9. The maximum atomic E-state index is 14.0. The zero-order chi connectivity index (χ0) is 29.2. The summed E-state index contributed by atoms with van der Waals surface area (Å²) >= 11 is 11.7. The standard InChI is InChI=1S/C29H41ClF2N4O3S/c1-4-33-27(40)35-16-23(19-5-7-20(30)8-6-19)24(17-35)25(38)34-14-11-22(15-34)36(26(39)28(2,3)18-37)21-9-12-29(31,32)13-10-21/h5-8,21-24,37H,4,9-18H2,1-3H3,(H,33,40)/t22-,23-,24+/m0/s1. The van der Waals surface area contributed by atoms with Gasteiger partial charge in [-0.3, -0.25) is 9.59 Å². The number of thiocarbonyl (C=S) groups is 1. The number of benzene rings is 1. The van der Waals surface area contributed by atoms with Crippen molar-refractivity contribution in [1.82, 2.24) is 20.0 Å². The summed E-state index contributed by atoms with van der Waals surface area (Å²) in [5, 5.41) is 14.4. The number of alkyl halides is 2. The minimum Gasteiger partial charge on any atom is -0.395 e. The van der Waals surface area contributed by atoms with Crippen molar-refractivity contribution in [2.24, 2.45) is 11.3 Å². The van der Waals surface area contributed by atoms with Crippen LogP contribution >= 0.6 is 23.8 Å². The topological polar surface area (TPSA) is 76.1 Å². The van der Waals surface area contributed by atoms with Gasteiger partial charge in [0, 0.05) is 62.5 Å². The van der Waals surface area contributed by atoms with Gasteiger partial charge in [0.2, 0.25) is 17.7 Å². The van der Waals surface area contributed by atoms with Crippen molar-refractivity contribution in [2.45, 2.75) is 76.8 Å². The molecule has 2 amide bonds. The van der Waals surface area contributed by atoms with Crippen LogP contribution in [0.2, 0.25) is 5.02 Å². The molecule has 0 unspecified atom stereocenters. The lowest BCUT2D eigenvalue weighted by atomic mass is 9.86. The van der Waals surface area contributed by atoms with E-state index in [0.29, 0.717) is 49.3 Å². The van der Waals surface area contributed by atoms with Gasteiger partial charge in [-0.25, -0.2) is 8.78 Å². The maximum absolute atomic E-state index is 14.0. The molecule has 7 nitrogen and oxygen atoms in total. The van der Waals surface area contributed by atoms with Crippen molar-refractivity contribution >= 4 is 40.7 Å². The molecule has 0 radical (unpaired) electrons. The maximum Gasteiger partial charge on any atom is 0.248 e. The Balaban J connectivity index is 1.54. The van der Waals surface area contributed by atoms with E-state index in [9.17, 15) is 23.5 Å². The summed E-state index contributed by atoms with van der Waals surface area (Å²) in [6, 6.07) is 6.95. The monoisotopic (exact) mass is 598 g/mol. The van der Waals surface area contributed by atoms with Crippen LogP contribution in [-0.2, 0) is 9.59 Å². The summed E-state index contributed by atoms with van der Waals surface area (Å²) < 4.78 is 27.9. The first kappa shape index (κ1) is 30.9. The van der Waals surface area contributed by atoms with Crippen LogP contribution < -0.4 is 5.32 Å². The summed E-state index contributed by atoms with van der Waals surface area (Å²) in [6.45, 7) is 7.59. The quantitative estimate of drug-likeness (QED) is 0.457. The number of aliphatic hydroxyl groups excluding tert-OH is 1. The van der Waals surface area contributed by atoms with E-state index < -0.39 is 11.3 Å². The third-order valence-electron chi connectivity index (χ3n) is 8.71. The smallest absolute Gasteiger partial charge is 0.248 e. The van der Waals surface area contributed by atoms with Crippen molar-refractivity contribution in [2.75, 3.05) is 39.3 Å². The summed E-state index contributed by atoms with van der Waals surface area (Å²) in [5.41, 5.74) is -0.0183. The fourth-order valence-corrected chi connectivity index (χ4v) is 6.70. The molecule has 11 heteroatoms. The van der Waals surface area contributed by atoms with E-state index in [1.165, 1.54) is 0 Å². The Hall–Kier alpha value is -2.04. The molecule has 3 fully saturated rings. The van der Waals surface area contributed by atoms with Crippen molar-refractivity contribution in [1.29, 1.82) is 0 Å². The van der Waals surface area contributed by atoms with Gasteiger partial charge < -0.3 is 25.1 Å². The Bertz CT molecular complexity index is 1080. The fourth-order valence-electron chi connectivity index (χ4n) is 6.28. The van der Waals surface area contributed by atoms with Crippen LogP contribution in [0.1, 0.15) is 64.4 Å². The summed E-state index contributed by atoms with van der Waals surface area (Å²) in [5.74, 6) is -3.36. The normalized spacial score (nSPS) is 25.2. The highest BCUT2D eigenvalue weighted by atomic mass is 35.5. The van der Waals surface area contributed by atoms with Crippen molar-refractivity contribution in [3.05, 3.63) is 34.9 Å². The molecule has 1 aromatic carbocycles. The Kier molecular flexibility index (Phi) is 9.62. The van der Waals surface area contributed by atoms with Gasteiger partial charge in [0.25, 0.3) is 0 Å². The van der Waals surface area contributed by atoms with Gasteiger partial charge in [0.1, 0.15) is 0 Å². The molecule has 2 heterocycles. The number of carbonyl (C=O) groups is 2. The first-order valence-electron chi connectivity index (χ1n) is 14.3. The molecule has 40 heavy (non-hydrogen) atoms. The molecule has 1 aromatic rings. The first-order chi connectivity index (χ1) is 18.9. The van der Waals surface area contributed by atoms with Crippen LogP contribution in [0.3, 0.4) is 0 Å². The number of aliphatic hydroxyl groups is 1. The largest absolute Gasteiger partial charge is 0.395 e. The highest BCUT2D eigenvalue weighted by Crippen LogP contribution is 2.39. The van der Waals surface area contributed by atoms with Crippen LogP contribution in [0.15, 0.2) is 24.3 Å². The predicted octanol–water partition coefficient (Wildman–Crippen LogP) is 4.28. The summed E-state index contributed by atoms with van der Waals surface area (Å²) in [4.78, 5) is 33.3. The van der Waals surface area contributed by atoms with Crippen LogP contribution in [0.25, 0.3) is 0 Å². The molecule has 3 aliphatic rings. The number of hydrogen-bond acceptors (Lipinski definition) is 4. The zero-order valence-electron chi connectivity index (χ0n) is 23.5. The fraction of sp³-hybridized carbons (Fsp3) is 0.690. The van der Waals surface area contributed by atoms with Crippen LogP contribution in [0.5, 0.6) is 0 Å². The Labute approximate surface area is 246 Å². The second-order valence-electron chi connectivity index (χ2n) is 12.1. The van der Waals surface area contributed by atoms with Gasteiger partial charge in [-0.1, -0.05) is 23.7 Å². The molecule has 2 aliphatic heterocycles. The number of nitrogens with one attached hydrogen (secondary N) is 1. The summed E-state index contributed by atoms with van der Waals surface area (Å²) in [6.07, 6.45) is 0.473. The molecule has 0 bridgehead atoms. The van der Waals surface area contributed by atoms with Gasteiger partial charge in [-0.15, -0.1) is 0 Å². The summed E-state index contributed by atoms with van der Waals surface area (Å²) in [7, 11) is 0. The molecule has 1 saturated carbocycles. The van der Waals surface area contributed by atoms with E-state index in [1.807, 2.05) is 41.0 Å². The highest BCUT2D eigenvalue weighted by molar-refractivity contribution is 7.80. The van der Waals surface area contributed by atoms with Crippen molar-refractivity contribution in [3.63, 3.8) is 0 Å². The molecule has 4 rings (SSSR count). The Morgan fingerprint density at radius 3 is 2.35 bits per heavy atom. The molecule has 2 saturated heterocycles. The number of nitrogens with zero attached hydrogens (tertiary/aromatic N) is 3. The van der Waals surface area contributed by atoms with E-state index in [4.69, 9.17) is 23.8 Å². The minimum atomic E-state index is -2.71. The Morgan fingerprint density at radius 1 is 1.10 bits per heavy atom. The van der Waals surface area contributed by atoms with E-state index in [1.54, 1.807) is 18.7 Å². The van der Waals surface area contributed by atoms with Gasteiger partial charge in [0.05, 0.1) is 24.0 Å². The lowest BCUT2D eigenvalue weighted by Crippen LogP contribution is -2.55. The van der Waals surface area contributed by atoms with E-state index >= 15 is 0 Å². The molecule has 1 aliphatic carbocycles. The van der Waals surface area contributed by atoms with Crippen LogP contribution in [0.4, 0.5) is 8.78 Å². The predicted molar refractivity (Wildman–Crippen MR) is 155 cm³/mol. The van der Waals surface area contributed by atoms with E-state index in [0.717, 1.165) is 5.56 Å². The average Bonchev–Trinajstić information content (AvgIpc) is 3.58. The second kappa shape index (κ2) is 12.4. The number of carbonyl (C=O) groups excluding carboxylic acids is 2. The van der Waals surface area contributed by atoms with E-state index in [-0.39, 0.29) is 68.0 Å². The molecule has 0 aromatic heterocycles. The average molecular weight is 599 g/mol. The van der Waals surface area contributed by atoms with Crippen molar-refractivity contribution < 1.29 is 23.5 Å². The number of hydrogen-bond donors (Lipinski definition) is 2. The number of amides is 2. The lowest BCUT2D eigenvalue weighted by Gasteiger charge is -2.43. The van der Waals surface area contributed by atoms with Crippen LogP contribution in [-0.4, -0.2) is 94.1 Å². The van der Waals surface area contributed by atoms with Crippen molar-refractivity contribution in [3.8, 4) is 0 Å². The lowest BCUT2D eigenvalue weighted by molar-refractivity contribution is -0.151. The number of likely N-dealkylation sites (tertiary alicyclic amines) is 2. The molecular weight excluding hydrogens is 558 g/mol. The van der Waals surface area contributed by atoms with Gasteiger partial charge in [0.15, 0.2) is 5.11 Å².